The van der Waals surface area contributed by atoms with Gasteiger partial charge in [0, 0.05) is 49.9 Å². The SMILES string of the molecule is C1=Cc2c(n(-c3ccc(N(c4ccccc4)c4c5ccccc5c5c6c(cccc46)-c4ccccc4-5)cc3)c3ccccc23)CC1. The van der Waals surface area contributed by atoms with Crippen LogP contribution in [0, 0.1) is 0 Å². The number of allylic oxidation sites excluding steroid dienone is 1. The van der Waals surface area contributed by atoms with Gasteiger partial charge in [-0.05, 0) is 82.9 Å². The lowest BCUT2D eigenvalue weighted by Gasteiger charge is -2.29. The monoisotopic (exact) mass is 586 g/mol. The molecule has 1 heterocycles. The van der Waals surface area contributed by atoms with Crippen molar-refractivity contribution in [1.82, 2.24) is 4.57 Å². The Hall–Kier alpha value is -5.86. The third-order valence-corrected chi connectivity index (χ3v) is 9.96. The van der Waals surface area contributed by atoms with Crippen molar-refractivity contribution < 1.29 is 0 Å². The van der Waals surface area contributed by atoms with Gasteiger partial charge >= 0.3 is 0 Å². The van der Waals surface area contributed by atoms with Crippen LogP contribution < -0.4 is 4.90 Å². The van der Waals surface area contributed by atoms with Gasteiger partial charge in [0.2, 0.25) is 0 Å². The van der Waals surface area contributed by atoms with Gasteiger partial charge in [-0.1, -0.05) is 115 Å². The molecule has 8 aromatic rings. The lowest BCUT2D eigenvalue weighted by molar-refractivity contribution is 0.888. The lowest BCUT2D eigenvalue weighted by atomic mass is 9.93. The number of hydrogen-bond acceptors (Lipinski definition) is 1. The van der Waals surface area contributed by atoms with Crippen molar-refractivity contribution in [2.45, 2.75) is 12.8 Å². The lowest BCUT2D eigenvalue weighted by Crippen LogP contribution is -2.11. The van der Waals surface area contributed by atoms with Crippen molar-refractivity contribution in [3.8, 4) is 27.9 Å². The maximum Gasteiger partial charge on any atom is 0.0619 e. The average molecular weight is 587 g/mol. The van der Waals surface area contributed by atoms with Crippen LogP contribution in [0.1, 0.15) is 17.7 Å². The van der Waals surface area contributed by atoms with E-state index in [4.69, 9.17) is 0 Å². The van der Waals surface area contributed by atoms with Gasteiger partial charge < -0.3 is 9.47 Å². The molecule has 10 rings (SSSR count). The molecule has 46 heavy (non-hydrogen) atoms. The molecule has 0 radical (unpaired) electrons. The molecule has 0 aliphatic heterocycles. The van der Waals surface area contributed by atoms with Crippen LogP contribution in [0.5, 0.6) is 0 Å². The normalized spacial score (nSPS) is 13.0. The Labute approximate surface area is 268 Å². The van der Waals surface area contributed by atoms with Gasteiger partial charge in [-0.2, -0.15) is 0 Å². The van der Waals surface area contributed by atoms with E-state index in [1.807, 2.05) is 0 Å². The first kappa shape index (κ1) is 25.5. The summed E-state index contributed by atoms with van der Waals surface area (Å²) in [5, 5.41) is 6.48. The highest BCUT2D eigenvalue weighted by Gasteiger charge is 2.28. The van der Waals surface area contributed by atoms with Crippen molar-refractivity contribution in [1.29, 1.82) is 0 Å². The fraction of sp³-hybridized carbons (Fsp3) is 0.0455. The molecule has 2 nitrogen and oxygen atoms in total. The molecule has 216 valence electrons. The molecule has 0 fully saturated rings. The van der Waals surface area contributed by atoms with Crippen LogP contribution in [0.3, 0.4) is 0 Å². The number of benzene rings is 7. The second-order valence-corrected chi connectivity index (χ2v) is 12.4. The molecule has 7 aromatic carbocycles. The smallest absolute Gasteiger partial charge is 0.0619 e. The summed E-state index contributed by atoms with van der Waals surface area (Å²) in [5.41, 5.74) is 14.0. The Morgan fingerprint density at radius 3 is 2.00 bits per heavy atom. The second-order valence-electron chi connectivity index (χ2n) is 12.4. The molecule has 0 saturated heterocycles. The average Bonchev–Trinajstić information content (AvgIpc) is 3.65. The third kappa shape index (κ3) is 3.53. The molecule has 2 aliphatic carbocycles. The summed E-state index contributed by atoms with van der Waals surface area (Å²) < 4.78 is 2.47. The number of anilines is 3. The predicted octanol–water partition coefficient (Wildman–Crippen LogP) is 12.0. The van der Waals surface area contributed by atoms with Crippen LogP contribution in [-0.4, -0.2) is 4.57 Å². The predicted molar refractivity (Wildman–Crippen MR) is 195 cm³/mol. The first-order chi connectivity index (χ1) is 22.9. The third-order valence-electron chi connectivity index (χ3n) is 9.96. The van der Waals surface area contributed by atoms with Gasteiger partial charge in [-0.25, -0.2) is 0 Å². The number of rotatable bonds is 4. The van der Waals surface area contributed by atoms with Gasteiger partial charge in [0.25, 0.3) is 0 Å². The minimum absolute atomic E-state index is 1.05. The number of fused-ring (bicyclic) bond motifs is 8. The molecule has 0 spiro atoms. The molecule has 0 N–H and O–H groups in total. The summed E-state index contributed by atoms with van der Waals surface area (Å²) >= 11 is 0. The Balaban J connectivity index is 1.23. The van der Waals surface area contributed by atoms with Crippen molar-refractivity contribution in [3.63, 3.8) is 0 Å². The number of nitrogens with zero attached hydrogens (tertiary/aromatic N) is 2. The maximum atomic E-state index is 2.47. The first-order valence-electron chi connectivity index (χ1n) is 16.2. The van der Waals surface area contributed by atoms with Crippen LogP contribution in [0.2, 0.25) is 0 Å². The minimum Gasteiger partial charge on any atom is -0.313 e. The summed E-state index contributed by atoms with van der Waals surface area (Å²) in [6.45, 7) is 0. The number of hydrogen-bond donors (Lipinski definition) is 0. The molecule has 2 heteroatoms. The first-order valence-corrected chi connectivity index (χ1v) is 16.2. The van der Waals surface area contributed by atoms with E-state index in [0.29, 0.717) is 0 Å². The quantitative estimate of drug-likeness (QED) is 0.186. The van der Waals surface area contributed by atoms with Crippen LogP contribution >= 0.6 is 0 Å². The highest BCUT2D eigenvalue weighted by atomic mass is 15.1. The maximum absolute atomic E-state index is 2.47. The van der Waals surface area contributed by atoms with E-state index in [2.05, 4.69) is 167 Å². The number of para-hydroxylation sites is 2. The van der Waals surface area contributed by atoms with E-state index in [1.165, 1.54) is 77.3 Å². The molecule has 0 amide bonds. The van der Waals surface area contributed by atoms with Gasteiger partial charge in [-0.15, -0.1) is 0 Å². The van der Waals surface area contributed by atoms with Crippen molar-refractivity contribution >= 4 is 55.6 Å². The fourth-order valence-corrected chi connectivity index (χ4v) is 8.09. The van der Waals surface area contributed by atoms with Gasteiger partial charge in [0.1, 0.15) is 0 Å². The Bertz CT molecular complexity index is 2520. The van der Waals surface area contributed by atoms with Crippen LogP contribution in [-0.2, 0) is 6.42 Å². The standard InChI is InChI=1S/C44H30N2/c1-2-13-29(14-3-1)45(30-25-27-31(28-26-30)46-40-23-10-8-16-33(40)34-17-9-11-24-41(34)46)44-38-20-7-6-19-37(38)42-35-18-5-4-15-32(35)36-21-12-22-39(44)43(36)42/h1-10,12-23,25-28H,11,24H2. The molecule has 0 atom stereocenters. The summed E-state index contributed by atoms with van der Waals surface area (Å²) in [6.07, 6.45) is 6.74. The van der Waals surface area contributed by atoms with E-state index >= 15 is 0 Å². The highest BCUT2D eigenvalue weighted by Crippen LogP contribution is 2.55. The molecular weight excluding hydrogens is 556 g/mol. The summed E-state index contributed by atoms with van der Waals surface area (Å²) in [6, 6.07) is 53.5. The van der Waals surface area contributed by atoms with Crippen LogP contribution in [0.25, 0.3) is 66.5 Å². The van der Waals surface area contributed by atoms with E-state index in [9.17, 15) is 0 Å². The van der Waals surface area contributed by atoms with Crippen LogP contribution in [0.15, 0.2) is 152 Å². The minimum atomic E-state index is 1.05. The van der Waals surface area contributed by atoms with Crippen molar-refractivity contribution in [3.05, 3.63) is 163 Å². The molecule has 1 aromatic heterocycles. The Kier molecular flexibility index (Phi) is 5.44. The largest absolute Gasteiger partial charge is 0.313 e. The fourth-order valence-electron chi connectivity index (χ4n) is 8.09. The molecule has 2 aliphatic rings. The zero-order chi connectivity index (χ0) is 30.2. The molecule has 0 bridgehead atoms. The molecule has 0 unspecified atom stereocenters. The van der Waals surface area contributed by atoms with E-state index in [-0.39, 0.29) is 0 Å². The van der Waals surface area contributed by atoms with Gasteiger partial charge in [0.15, 0.2) is 0 Å². The van der Waals surface area contributed by atoms with Crippen molar-refractivity contribution in [2.75, 3.05) is 4.90 Å². The zero-order valence-corrected chi connectivity index (χ0v) is 25.3. The molecule has 0 saturated carbocycles. The Morgan fingerprint density at radius 1 is 0.500 bits per heavy atom. The van der Waals surface area contributed by atoms with Crippen LogP contribution in [0.4, 0.5) is 17.1 Å². The van der Waals surface area contributed by atoms with Gasteiger partial charge in [-0.3, -0.25) is 0 Å². The Morgan fingerprint density at radius 2 is 1.15 bits per heavy atom. The summed E-state index contributed by atoms with van der Waals surface area (Å²) in [5.74, 6) is 0. The topological polar surface area (TPSA) is 8.17 Å². The van der Waals surface area contributed by atoms with E-state index < -0.39 is 0 Å². The molecular formula is C44H30N2. The highest BCUT2D eigenvalue weighted by molar-refractivity contribution is 6.29. The van der Waals surface area contributed by atoms with Crippen molar-refractivity contribution in [2.24, 2.45) is 0 Å². The second kappa shape index (κ2) is 9.82. The summed E-state index contributed by atoms with van der Waals surface area (Å²) in [7, 11) is 0. The number of aromatic nitrogens is 1. The van der Waals surface area contributed by atoms with Gasteiger partial charge in [0.05, 0.1) is 11.2 Å². The zero-order valence-electron chi connectivity index (χ0n) is 25.3. The summed E-state index contributed by atoms with van der Waals surface area (Å²) in [4.78, 5) is 2.46. The van der Waals surface area contributed by atoms with E-state index in [1.54, 1.807) is 0 Å². The van der Waals surface area contributed by atoms with E-state index in [0.717, 1.165) is 24.2 Å².